The molecule has 23 heavy (non-hydrogen) atoms. The molecule has 1 N–H and O–H groups in total. The molecule has 0 spiro atoms. The van der Waals surface area contributed by atoms with Crippen LogP contribution in [0.2, 0.25) is 0 Å². The molecule has 1 aliphatic carbocycles. The SMILES string of the molecule is C1=CC2=NSNC2C=C1c1c(C2=CCCC=N2)nn2c1CCC2. The number of hydrogen-bond acceptors (Lipinski definition) is 5. The molecule has 5 nitrogen and oxygen atoms in total. The van der Waals surface area contributed by atoms with Crippen molar-refractivity contribution >= 4 is 35.3 Å². The van der Waals surface area contributed by atoms with Gasteiger partial charge in [0.25, 0.3) is 0 Å². The highest BCUT2D eigenvalue weighted by atomic mass is 32.2. The molecule has 1 unspecified atom stereocenters. The number of aliphatic imine (C=N–C) groups is 1. The Balaban J connectivity index is 1.65. The van der Waals surface area contributed by atoms with Crippen LogP contribution >= 0.6 is 12.1 Å². The maximum absolute atomic E-state index is 4.88. The largest absolute Gasteiger partial charge is 0.268 e. The first-order valence-corrected chi connectivity index (χ1v) is 8.90. The Labute approximate surface area is 139 Å². The van der Waals surface area contributed by atoms with Crippen molar-refractivity contribution in [3.05, 3.63) is 41.3 Å². The lowest BCUT2D eigenvalue weighted by Crippen LogP contribution is -2.25. The summed E-state index contributed by atoms with van der Waals surface area (Å²) in [5.74, 6) is 0. The summed E-state index contributed by atoms with van der Waals surface area (Å²) in [5.41, 5.74) is 7.02. The van der Waals surface area contributed by atoms with Crippen molar-refractivity contribution in [3.63, 3.8) is 0 Å². The molecule has 116 valence electrons. The molecular weight excluding hydrogens is 306 g/mol. The summed E-state index contributed by atoms with van der Waals surface area (Å²) in [4.78, 5) is 4.60. The van der Waals surface area contributed by atoms with E-state index in [4.69, 9.17) is 5.10 Å². The number of hydrogen-bond donors (Lipinski definition) is 1. The van der Waals surface area contributed by atoms with Crippen LogP contribution in [-0.4, -0.2) is 27.7 Å². The number of aryl methyl sites for hydroxylation is 1. The van der Waals surface area contributed by atoms with Crippen LogP contribution in [0.15, 0.2) is 33.7 Å². The number of nitrogens with zero attached hydrogens (tertiary/aromatic N) is 4. The molecule has 0 amide bonds. The molecule has 0 saturated carbocycles. The molecule has 0 bridgehead atoms. The van der Waals surface area contributed by atoms with Crippen LogP contribution < -0.4 is 4.72 Å². The van der Waals surface area contributed by atoms with Gasteiger partial charge >= 0.3 is 0 Å². The average Bonchev–Trinajstić information content (AvgIpc) is 3.30. The van der Waals surface area contributed by atoms with Crippen LogP contribution in [0.5, 0.6) is 0 Å². The fourth-order valence-electron chi connectivity index (χ4n) is 3.57. The van der Waals surface area contributed by atoms with E-state index in [2.05, 4.69) is 43.1 Å². The Morgan fingerprint density at radius 3 is 3.17 bits per heavy atom. The molecule has 0 aromatic carbocycles. The summed E-state index contributed by atoms with van der Waals surface area (Å²) >= 11 is 1.42. The second-order valence-electron chi connectivity index (χ2n) is 6.13. The predicted octanol–water partition coefficient (Wildman–Crippen LogP) is 2.96. The van der Waals surface area contributed by atoms with Gasteiger partial charge in [-0.15, -0.1) is 0 Å². The number of rotatable bonds is 2. The van der Waals surface area contributed by atoms with Gasteiger partial charge in [-0.25, -0.2) is 9.12 Å². The van der Waals surface area contributed by atoms with Crippen molar-refractivity contribution in [2.24, 2.45) is 9.39 Å². The summed E-state index contributed by atoms with van der Waals surface area (Å²) < 4.78 is 9.90. The third-order valence-electron chi connectivity index (χ3n) is 4.67. The standard InChI is InChI=1S/C17H17N5S/c1-2-8-18-13(4-1)17-16(15-5-3-9-22(15)19-17)11-6-7-12-14(10-11)21-23-20-12/h4,6-8,10,14,21H,1-3,5,9H2. The fraction of sp³-hybridized carbons (Fsp3) is 0.353. The highest BCUT2D eigenvalue weighted by Crippen LogP contribution is 2.36. The van der Waals surface area contributed by atoms with Gasteiger partial charge in [0.05, 0.1) is 29.6 Å². The van der Waals surface area contributed by atoms with Crippen LogP contribution in [0, 0.1) is 0 Å². The lowest BCUT2D eigenvalue weighted by molar-refractivity contribution is 0.653. The predicted molar refractivity (Wildman–Crippen MR) is 95.3 cm³/mol. The van der Waals surface area contributed by atoms with Crippen molar-refractivity contribution in [2.45, 2.75) is 38.3 Å². The van der Waals surface area contributed by atoms with Crippen LogP contribution in [0.25, 0.3) is 11.3 Å². The number of nitrogens with one attached hydrogen (secondary N) is 1. The van der Waals surface area contributed by atoms with Gasteiger partial charge in [0.1, 0.15) is 5.69 Å². The molecule has 6 heteroatoms. The van der Waals surface area contributed by atoms with E-state index in [1.807, 2.05) is 6.21 Å². The minimum atomic E-state index is 0.202. The highest BCUT2D eigenvalue weighted by Gasteiger charge is 2.28. The van der Waals surface area contributed by atoms with Gasteiger partial charge in [-0.05, 0) is 37.3 Å². The zero-order valence-electron chi connectivity index (χ0n) is 12.7. The molecule has 4 aliphatic rings. The Hall–Kier alpha value is -1.92. The van der Waals surface area contributed by atoms with Gasteiger partial charge in [0.15, 0.2) is 0 Å². The van der Waals surface area contributed by atoms with Crippen LogP contribution in [0.3, 0.4) is 0 Å². The average molecular weight is 323 g/mol. The van der Waals surface area contributed by atoms with Crippen molar-refractivity contribution in [2.75, 3.05) is 0 Å². The third-order valence-corrected chi connectivity index (χ3v) is 5.33. The third kappa shape index (κ3) is 2.16. The van der Waals surface area contributed by atoms with E-state index in [1.54, 1.807) is 0 Å². The first-order chi connectivity index (χ1) is 11.4. The molecular formula is C17H17N5S. The molecule has 4 heterocycles. The monoisotopic (exact) mass is 323 g/mol. The first kappa shape index (κ1) is 13.5. The summed E-state index contributed by atoms with van der Waals surface area (Å²) in [7, 11) is 0. The highest BCUT2D eigenvalue weighted by molar-refractivity contribution is 7.96. The molecule has 1 atom stereocenters. The van der Waals surface area contributed by atoms with Gasteiger partial charge in [0, 0.05) is 24.0 Å². The maximum atomic E-state index is 4.88. The van der Waals surface area contributed by atoms with Gasteiger partial charge in [-0.3, -0.25) is 9.67 Å². The maximum Gasteiger partial charge on any atom is 0.118 e. The molecule has 0 saturated heterocycles. The van der Waals surface area contributed by atoms with E-state index in [0.717, 1.165) is 42.9 Å². The molecule has 3 aliphatic heterocycles. The van der Waals surface area contributed by atoms with Crippen molar-refractivity contribution in [3.8, 4) is 0 Å². The van der Waals surface area contributed by atoms with Crippen molar-refractivity contribution < 1.29 is 0 Å². The van der Waals surface area contributed by atoms with E-state index in [-0.39, 0.29) is 6.04 Å². The van der Waals surface area contributed by atoms with Crippen molar-refractivity contribution in [1.82, 2.24) is 14.5 Å². The van der Waals surface area contributed by atoms with E-state index >= 15 is 0 Å². The minimum Gasteiger partial charge on any atom is -0.268 e. The van der Waals surface area contributed by atoms with E-state index in [1.165, 1.54) is 35.4 Å². The zero-order valence-corrected chi connectivity index (χ0v) is 13.5. The fourth-order valence-corrected chi connectivity index (χ4v) is 4.20. The first-order valence-electron chi connectivity index (χ1n) is 8.12. The van der Waals surface area contributed by atoms with Gasteiger partial charge in [-0.1, -0.05) is 18.2 Å². The van der Waals surface area contributed by atoms with E-state index < -0.39 is 0 Å². The van der Waals surface area contributed by atoms with Crippen LogP contribution in [-0.2, 0) is 13.0 Å². The summed E-state index contributed by atoms with van der Waals surface area (Å²) in [5, 5.41) is 4.88. The second kappa shape index (κ2) is 5.32. The Morgan fingerprint density at radius 2 is 2.26 bits per heavy atom. The summed E-state index contributed by atoms with van der Waals surface area (Å²) in [6.07, 6.45) is 15.1. The van der Waals surface area contributed by atoms with Crippen molar-refractivity contribution in [1.29, 1.82) is 0 Å². The Bertz CT molecular complexity index is 824. The van der Waals surface area contributed by atoms with Crippen LogP contribution in [0.1, 0.15) is 36.2 Å². The van der Waals surface area contributed by atoms with Gasteiger partial charge in [-0.2, -0.15) is 5.10 Å². The molecule has 0 fully saturated rings. The Kier molecular flexibility index (Phi) is 3.12. The Morgan fingerprint density at radius 1 is 1.26 bits per heavy atom. The van der Waals surface area contributed by atoms with E-state index in [9.17, 15) is 0 Å². The number of allylic oxidation sites excluding steroid dienone is 3. The molecule has 1 aromatic heterocycles. The summed E-state index contributed by atoms with van der Waals surface area (Å²) in [6.45, 7) is 1.01. The van der Waals surface area contributed by atoms with Gasteiger partial charge in [0.2, 0.25) is 0 Å². The second-order valence-corrected chi connectivity index (χ2v) is 6.73. The number of fused-ring (bicyclic) bond motifs is 2. The smallest absolute Gasteiger partial charge is 0.118 e. The van der Waals surface area contributed by atoms with Crippen LogP contribution in [0.4, 0.5) is 0 Å². The van der Waals surface area contributed by atoms with E-state index in [0.29, 0.717) is 0 Å². The zero-order chi connectivity index (χ0) is 15.2. The molecule has 5 rings (SSSR count). The molecule has 0 radical (unpaired) electrons. The van der Waals surface area contributed by atoms with Gasteiger partial charge < -0.3 is 0 Å². The minimum absolute atomic E-state index is 0.202. The number of aromatic nitrogens is 2. The normalized spacial score (nSPS) is 25.0. The lowest BCUT2D eigenvalue weighted by atomic mass is 9.92. The quantitative estimate of drug-likeness (QED) is 0.851. The lowest BCUT2D eigenvalue weighted by Gasteiger charge is -2.15. The molecule has 1 aromatic rings. The topological polar surface area (TPSA) is 54.6 Å². The summed E-state index contributed by atoms with van der Waals surface area (Å²) in [6, 6.07) is 0.202.